The van der Waals surface area contributed by atoms with Crippen molar-refractivity contribution in [3.05, 3.63) is 54.4 Å². The van der Waals surface area contributed by atoms with Gasteiger partial charge in [-0.2, -0.15) is 0 Å². The molecule has 0 aliphatic carbocycles. The minimum Gasteiger partial charge on any atom is -0.454 e. The molecule has 7 heteroatoms. The third-order valence-corrected chi connectivity index (χ3v) is 3.27. The molecule has 0 bridgehead atoms. The minimum atomic E-state index is 0.289. The molecule has 21 heavy (non-hydrogen) atoms. The summed E-state index contributed by atoms with van der Waals surface area (Å²) in [6, 6.07) is 5.89. The average Bonchev–Trinajstić information content (AvgIpc) is 3.21. The largest absolute Gasteiger partial charge is 0.454 e. The molecule has 0 unspecified atom stereocenters. The lowest BCUT2D eigenvalue weighted by Crippen LogP contribution is -2.00. The number of hydrogen-bond donors (Lipinski definition) is 0. The summed E-state index contributed by atoms with van der Waals surface area (Å²) in [4.78, 5) is 4.01. The maximum atomic E-state index is 5.37. The summed E-state index contributed by atoms with van der Waals surface area (Å²) in [7, 11) is 0. The van der Waals surface area contributed by atoms with E-state index in [9.17, 15) is 0 Å². The predicted molar refractivity (Wildman–Crippen MR) is 73.0 cm³/mol. The van der Waals surface area contributed by atoms with Crippen molar-refractivity contribution < 1.29 is 9.47 Å². The molecule has 3 aromatic rings. The monoisotopic (exact) mass is 283 g/mol. The number of hydrogen-bond acceptors (Lipinski definition) is 5. The normalized spacial score (nSPS) is 12.8. The van der Waals surface area contributed by atoms with Crippen LogP contribution in [0.15, 0.2) is 43.1 Å². The number of ether oxygens (including phenoxy) is 2. The highest BCUT2D eigenvalue weighted by Crippen LogP contribution is 2.32. The summed E-state index contributed by atoms with van der Waals surface area (Å²) in [5, 5.41) is 8.31. The first-order valence-corrected chi connectivity index (χ1v) is 6.60. The van der Waals surface area contributed by atoms with Crippen molar-refractivity contribution in [1.29, 1.82) is 0 Å². The fraction of sp³-hybridized carbons (Fsp3) is 0.214. The van der Waals surface area contributed by atoms with E-state index >= 15 is 0 Å². The molecule has 3 heterocycles. The molecular formula is C14H13N5O2. The lowest BCUT2D eigenvalue weighted by molar-refractivity contribution is 0.174. The molecule has 7 nitrogen and oxygen atoms in total. The molecule has 0 N–H and O–H groups in total. The van der Waals surface area contributed by atoms with E-state index in [1.807, 2.05) is 39.8 Å². The fourth-order valence-electron chi connectivity index (χ4n) is 2.28. The van der Waals surface area contributed by atoms with Gasteiger partial charge in [0.15, 0.2) is 11.5 Å². The number of fused-ring (bicyclic) bond motifs is 1. The Morgan fingerprint density at radius 2 is 2.10 bits per heavy atom. The molecule has 0 saturated heterocycles. The van der Waals surface area contributed by atoms with E-state index in [0.717, 1.165) is 22.8 Å². The Bertz CT molecular complexity index is 751. The lowest BCUT2D eigenvalue weighted by Gasteiger charge is -2.02. The quantitative estimate of drug-likeness (QED) is 0.722. The minimum absolute atomic E-state index is 0.289. The topological polar surface area (TPSA) is 67.0 Å². The molecule has 0 radical (unpaired) electrons. The van der Waals surface area contributed by atoms with E-state index in [1.165, 1.54) is 0 Å². The van der Waals surface area contributed by atoms with E-state index in [-0.39, 0.29) is 6.79 Å². The van der Waals surface area contributed by atoms with Crippen molar-refractivity contribution in [1.82, 2.24) is 24.5 Å². The van der Waals surface area contributed by atoms with Crippen molar-refractivity contribution in [3.8, 4) is 11.5 Å². The highest BCUT2D eigenvalue weighted by Gasteiger charge is 2.13. The molecule has 2 aromatic heterocycles. The van der Waals surface area contributed by atoms with Crippen LogP contribution in [0.2, 0.25) is 0 Å². The van der Waals surface area contributed by atoms with E-state index in [4.69, 9.17) is 9.47 Å². The van der Waals surface area contributed by atoms with Crippen LogP contribution < -0.4 is 9.47 Å². The SMILES string of the molecule is c1cn(Cc2cn(Cc3ccc4c(c3)OCO4)nn2)cn1. The first-order chi connectivity index (χ1) is 10.4. The summed E-state index contributed by atoms with van der Waals surface area (Å²) in [6.07, 6.45) is 7.34. The van der Waals surface area contributed by atoms with Gasteiger partial charge in [0.05, 0.1) is 25.6 Å². The van der Waals surface area contributed by atoms with Gasteiger partial charge in [-0.25, -0.2) is 9.67 Å². The second-order valence-corrected chi connectivity index (χ2v) is 4.83. The number of imidazole rings is 1. The van der Waals surface area contributed by atoms with Gasteiger partial charge < -0.3 is 14.0 Å². The molecule has 0 spiro atoms. The summed E-state index contributed by atoms with van der Waals surface area (Å²) >= 11 is 0. The maximum absolute atomic E-state index is 5.37. The van der Waals surface area contributed by atoms with Gasteiger partial charge in [-0.3, -0.25) is 0 Å². The third kappa shape index (κ3) is 2.45. The zero-order chi connectivity index (χ0) is 14.1. The fourth-order valence-corrected chi connectivity index (χ4v) is 2.28. The van der Waals surface area contributed by atoms with Crippen LogP contribution in [0.3, 0.4) is 0 Å². The number of benzene rings is 1. The first kappa shape index (κ1) is 12.0. The van der Waals surface area contributed by atoms with E-state index < -0.39 is 0 Å². The van der Waals surface area contributed by atoms with Gasteiger partial charge in [0, 0.05) is 12.4 Å². The number of aromatic nitrogens is 5. The van der Waals surface area contributed by atoms with Crippen molar-refractivity contribution in [2.45, 2.75) is 13.1 Å². The molecule has 0 amide bonds. The van der Waals surface area contributed by atoms with Crippen LogP contribution >= 0.6 is 0 Å². The van der Waals surface area contributed by atoms with E-state index in [1.54, 1.807) is 12.5 Å². The van der Waals surface area contributed by atoms with Crippen molar-refractivity contribution in [2.24, 2.45) is 0 Å². The Morgan fingerprint density at radius 1 is 1.14 bits per heavy atom. The van der Waals surface area contributed by atoms with Gasteiger partial charge >= 0.3 is 0 Å². The molecule has 1 aromatic carbocycles. The van der Waals surface area contributed by atoms with Gasteiger partial charge in [-0.05, 0) is 17.7 Å². The summed E-state index contributed by atoms with van der Waals surface area (Å²) in [5.41, 5.74) is 1.99. The standard InChI is InChI=1S/C14H13N5O2/c1-2-13-14(21-10-20-13)5-11(1)6-19-8-12(16-17-19)7-18-4-3-15-9-18/h1-5,8-9H,6-7,10H2. The number of rotatable bonds is 4. The number of nitrogens with zero attached hydrogens (tertiary/aromatic N) is 5. The first-order valence-electron chi connectivity index (χ1n) is 6.60. The Balaban J connectivity index is 1.48. The molecule has 0 atom stereocenters. The second-order valence-electron chi connectivity index (χ2n) is 4.83. The highest BCUT2D eigenvalue weighted by molar-refractivity contribution is 5.44. The molecule has 1 aliphatic heterocycles. The van der Waals surface area contributed by atoms with Crippen molar-refractivity contribution in [2.75, 3.05) is 6.79 Å². The molecule has 4 rings (SSSR count). The Kier molecular flexibility index (Phi) is 2.81. The molecule has 106 valence electrons. The summed E-state index contributed by atoms with van der Waals surface area (Å²) in [6.45, 7) is 1.60. The van der Waals surface area contributed by atoms with Crippen molar-refractivity contribution in [3.63, 3.8) is 0 Å². The zero-order valence-corrected chi connectivity index (χ0v) is 11.2. The third-order valence-electron chi connectivity index (χ3n) is 3.27. The van der Waals surface area contributed by atoms with Gasteiger partial charge in [-0.1, -0.05) is 11.3 Å². The average molecular weight is 283 g/mol. The second kappa shape index (κ2) is 4.93. The predicted octanol–water partition coefficient (Wildman–Crippen LogP) is 1.30. The zero-order valence-electron chi connectivity index (χ0n) is 11.2. The van der Waals surface area contributed by atoms with Crippen LogP contribution in [-0.4, -0.2) is 31.3 Å². The lowest BCUT2D eigenvalue weighted by atomic mass is 10.2. The maximum Gasteiger partial charge on any atom is 0.231 e. The van der Waals surface area contributed by atoms with Crippen molar-refractivity contribution >= 4 is 0 Å². The van der Waals surface area contributed by atoms with Gasteiger partial charge in [0.1, 0.15) is 5.69 Å². The van der Waals surface area contributed by atoms with Crippen LogP contribution in [-0.2, 0) is 13.1 Å². The van der Waals surface area contributed by atoms with Gasteiger partial charge in [-0.15, -0.1) is 5.10 Å². The molecule has 0 saturated carbocycles. The highest BCUT2D eigenvalue weighted by atomic mass is 16.7. The van der Waals surface area contributed by atoms with E-state index in [0.29, 0.717) is 13.1 Å². The Morgan fingerprint density at radius 3 is 3.00 bits per heavy atom. The van der Waals surface area contributed by atoms with Crippen LogP contribution in [0, 0.1) is 0 Å². The van der Waals surface area contributed by atoms with Gasteiger partial charge in [0.25, 0.3) is 0 Å². The Labute approximate surface area is 120 Å². The van der Waals surface area contributed by atoms with E-state index in [2.05, 4.69) is 15.3 Å². The molecular weight excluding hydrogens is 270 g/mol. The molecule has 1 aliphatic rings. The van der Waals surface area contributed by atoms with Crippen LogP contribution in [0.4, 0.5) is 0 Å². The van der Waals surface area contributed by atoms with Crippen LogP contribution in [0.25, 0.3) is 0 Å². The smallest absolute Gasteiger partial charge is 0.231 e. The van der Waals surface area contributed by atoms with Crippen LogP contribution in [0.5, 0.6) is 11.5 Å². The molecule has 0 fully saturated rings. The van der Waals surface area contributed by atoms with Crippen LogP contribution in [0.1, 0.15) is 11.3 Å². The summed E-state index contributed by atoms with van der Waals surface area (Å²) in [5.74, 6) is 1.57. The Hall–Kier alpha value is -2.83. The summed E-state index contributed by atoms with van der Waals surface area (Å²) < 4.78 is 14.4. The van der Waals surface area contributed by atoms with Gasteiger partial charge in [0.2, 0.25) is 6.79 Å².